The van der Waals surface area contributed by atoms with Gasteiger partial charge in [-0.05, 0) is 25.1 Å². The van der Waals surface area contributed by atoms with Gasteiger partial charge in [0.2, 0.25) is 11.8 Å². The molecule has 150 valence electrons. The molecule has 0 spiro atoms. The van der Waals surface area contributed by atoms with Gasteiger partial charge in [-0.25, -0.2) is 0 Å². The molecule has 1 fully saturated rings. The summed E-state index contributed by atoms with van der Waals surface area (Å²) in [6, 6.07) is 4.98. The first-order valence-electron chi connectivity index (χ1n) is 9.42. The molecule has 2 heterocycles. The second-order valence-electron chi connectivity index (χ2n) is 7.15. The number of anilines is 1. The number of carbonyl (C=O) groups is 4. The molecule has 0 radical (unpaired) electrons. The van der Waals surface area contributed by atoms with Crippen LogP contribution >= 0.6 is 0 Å². The van der Waals surface area contributed by atoms with Gasteiger partial charge in [0.1, 0.15) is 5.75 Å². The third-order valence-electron chi connectivity index (χ3n) is 5.27. The van der Waals surface area contributed by atoms with Crippen molar-refractivity contribution in [1.29, 1.82) is 0 Å². The van der Waals surface area contributed by atoms with Crippen LogP contribution in [0.3, 0.4) is 0 Å². The summed E-state index contributed by atoms with van der Waals surface area (Å²) in [5.74, 6) is 0.163. The lowest BCUT2D eigenvalue weighted by Crippen LogP contribution is -2.50. The molecular formula is C20H25N3O5. The van der Waals surface area contributed by atoms with E-state index < -0.39 is 6.10 Å². The monoisotopic (exact) mass is 387 g/mol. The van der Waals surface area contributed by atoms with Crippen LogP contribution in [0.5, 0.6) is 5.75 Å². The molecule has 0 saturated carbocycles. The Bertz CT molecular complexity index is 814. The number of rotatable bonds is 4. The Labute approximate surface area is 164 Å². The number of likely N-dealkylation sites (N-methyl/N-ethyl adjacent to an activating group) is 1. The molecule has 3 rings (SSSR count). The van der Waals surface area contributed by atoms with E-state index >= 15 is 0 Å². The van der Waals surface area contributed by atoms with Gasteiger partial charge < -0.3 is 19.4 Å². The fourth-order valence-corrected chi connectivity index (χ4v) is 3.48. The second kappa shape index (κ2) is 8.00. The summed E-state index contributed by atoms with van der Waals surface area (Å²) >= 11 is 0. The number of ketones is 1. The average Bonchev–Trinajstić information content (AvgIpc) is 2.70. The molecule has 1 aromatic rings. The molecule has 0 aromatic heterocycles. The molecule has 1 aromatic carbocycles. The third kappa shape index (κ3) is 4.00. The predicted molar refractivity (Wildman–Crippen MR) is 102 cm³/mol. The zero-order valence-corrected chi connectivity index (χ0v) is 16.4. The van der Waals surface area contributed by atoms with Crippen LogP contribution in [0.2, 0.25) is 0 Å². The highest BCUT2D eigenvalue weighted by molar-refractivity contribution is 6.03. The molecule has 1 saturated heterocycles. The van der Waals surface area contributed by atoms with Crippen LogP contribution in [0.1, 0.15) is 37.0 Å². The number of Topliss-reactive ketones (excluding diaryl/α,β-unsaturated/α-hetero) is 1. The molecule has 8 nitrogen and oxygen atoms in total. The minimum atomic E-state index is -0.555. The molecule has 3 amide bonds. The summed E-state index contributed by atoms with van der Waals surface area (Å²) in [6.45, 7) is 5.24. The normalized spacial score (nSPS) is 19.2. The Hall–Kier alpha value is -2.90. The van der Waals surface area contributed by atoms with Crippen LogP contribution < -0.4 is 9.64 Å². The maximum Gasteiger partial charge on any atom is 0.267 e. The fraction of sp³-hybridized carbons (Fsp3) is 0.500. The number of ether oxygens (including phenoxy) is 1. The van der Waals surface area contributed by atoms with Gasteiger partial charge >= 0.3 is 0 Å². The Kier molecular flexibility index (Phi) is 5.67. The van der Waals surface area contributed by atoms with Crippen molar-refractivity contribution in [3.05, 3.63) is 23.8 Å². The number of nitrogens with zero attached hydrogens (tertiary/aromatic N) is 3. The molecule has 8 heteroatoms. The number of hydrogen-bond acceptors (Lipinski definition) is 5. The third-order valence-corrected chi connectivity index (χ3v) is 5.27. The van der Waals surface area contributed by atoms with E-state index in [0.717, 1.165) is 0 Å². The molecule has 2 aliphatic heterocycles. The zero-order valence-electron chi connectivity index (χ0n) is 16.4. The van der Waals surface area contributed by atoms with Gasteiger partial charge in [0, 0.05) is 58.6 Å². The van der Waals surface area contributed by atoms with Crippen molar-refractivity contribution >= 4 is 29.2 Å². The van der Waals surface area contributed by atoms with E-state index in [4.69, 9.17) is 4.74 Å². The highest BCUT2D eigenvalue weighted by atomic mass is 16.5. The van der Waals surface area contributed by atoms with E-state index in [-0.39, 0.29) is 36.3 Å². The topological polar surface area (TPSA) is 87.2 Å². The zero-order chi connectivity index (χ0) is 20.4. The largest absolute Gasteiger partial charge is 0.479 e. The number of piperazine rings is 1. The van der Waals surface area contributed by atoms with Crippen molar-refractivity contribution in [2.45, 2.75) is 32.8 Å². The highest BCUT2D eigenvalue weighted by Gasteiger charge is 2.29. The number of carbonyl (C=O) groups excluding carboxylic acids is 4. The van der Waals surface area contributed by atoms with Crippen molar-refractivity contribution in [3.63, 3.8) is 0 Å². The van der Waals surface area contributed by atoms with Crippen LogP contribution in [0.25, 0.3) is 0 Å². The van der Waals surface area contributed by atoms with E-state index in [2.05, 4.69) is 0 Å². The Morgan fingerprint density at radius 2 is 1.71 bits per heavy atom. The lowest BCUT2D eigenvalue weighted by molar-refractivity contribution is -0.138. The second-order valence-corrected chi connectivity index (χ2v) is 7.15. The van der Waals surface area contributed by atoms with Gasteiger partial charge in [0.05, 0.1) is 5.69 Å². The highest BCUT2D eigenvalue weighted by Crippen LogP contribution is 2.34. The summed E-state index contributed by atoms with van der Waals surface area (Å²) in [5, 5.41) is 0. The fourth-order valence-electron chi connectivity index (χ4n) is 3.48. The minimum absolute atomic E-state index is 0.0107. The molecule has 28 heavy (non-hydrogen) atoms. The van der Waals surface area contributed by atoms with Crippen molar-refractivity contribution < 1.29 is 23.9 Å². The summed E-state index contributed by atoms with van der Waals surface area (Å²) in [7, 11) is 1.65. The van der Waals surface area contributed by atoms with Crippen molar-refractivity contribution in [2.24, 2.45) is 0 Å². The average molecular weight is 387 g/mol. The maximum atomic E-state index is 12.5. The number of amides is 3. The van der Waals surface area contributed by atoms with Gasteiger partial charge in [-0.15, -0.1) is 0 Å². The number of hydrogen-bond donors (Lipinski definition) is 0. The summed E-state index contributed by atoms with van der Waals surface area (Å²) in [4.78, 5) is 53.2. The SMILES string of the molecule is CC(=O)N1CCN(C(=O)CCC(=O)c2ccc3c(c2)N(C)C(=O)C(C)O3)CC1. The van der Waals surface area contributed by atoms with Gasteiger partial charge in [-0.1, -0.05) is 0 Å². The standard InChI is InChI=1S/C20H25N3O5/c1-13-20(27)21(3)16-12-15(4-6-18(16)28-13)17(25)5-7-19(26)23-10-8-22(9-11-23)14(2)24/h4,6,12-13H,5,7-11H2,1-3H3. The van der Waals surface area contributed by atoms with E-state index in [0.29, 0.717) is 43.2 Å². The molecule has 0 N–H and O–H groups in total. The van der Waals surface area contributed by atoms with Crippen LogP contribution in [0.4, 0.5) is 5.69 Å². The van der Waals surface area contributed by atoms with Crippen molar-refractivity contribution in [1.82, 2.24) is 9.80 Å². The van der Waals surface area contributed by atoms with E-state index in [1.54, 1.807) is 42.0 Å². The number of fused-ring (bicyclic) bond motifs is 1. The van der Waals surface area contributed by atoms with E-state index in [9.17, 15) is 19.2 Å². The van der Waals surface area contributed by atoms with Gasteiger partial charge in [0.25, 0.3) is 5.91 Å². The van der Waals surface area contributed by atoms with Gasteiger partial charge in [0.15, 0.2) is 11.9 Å². The van der Waals surface area contributed by atoms with Crippen LogP contribution in [-0.4, -0.2) is 72.6 Å². The predicted octanol–water partition coefficient (Wildman–Crippen LogP) is 1.08. The van der Waals surface area contributed by atoms with Crippen LogP contribution in [0.15, 0.2) is 18.2 Å². The summed E-state index contributed by atoms with van der Waals surface area (Å²) < 4.78 is 5.56. The first kappa shape index (κ1) is 19.9. The first-order chi connectivity index (χ1) is 13.3. The van der Waals surface area contributed by atoms with Gasteiger partial charge in [-0.2, -0.15) is 0 Å². The lowest BCUT2D eigenvalue weighted by atomic mass is 10.0. The summed E-state index contributed by atoms with van der Waals surface area (Å²) in [6.07, 6.45) is -0.335. The molecule has 0 bridgehead atoms. The molecule has 1 unspecified atom stereocenters. The summed E-state index contributed by atoms with van der Waals surface area (Å²) in [5.41, 5.74) is 1.01. The van der Waals surface area contributed by atoms with Crippen LogP contribution in [-0.2, 0) is 14.4 Å². The quantitative estimate of drug-likeness (QED) is 0.722. The number of benzene rings is 1. The lowest BCUT2D eigenvalue weighted by Gasteiger charge is -2.34. The minimum Gasteiger partial charge on any atom is -0.479 e. The molecular weight excluding hydrogens is 362 g/mol. The smallest absolute Gasteiger partial charge is 0.267 e. The Morgan fingerprint density at radius 3 is 2.36 bits per heavy atom. The van der Waals surface area contributed by atoms with E-state index in [1.165, 1.54) is 11.8 Å². The van der Waals surface area contributed by atoms with Crippen molar-refractivity contribution in [3.8, 4) is 5.75 Å². The Morgan fingerprint density at radius 1 is 1.07 bits per heavy atom. The van der Waals surface area contributed by atoms with Crippen molar-refractivity contribution in [2.75, 3.05) is 38.1 Å². The molecule has 2 aliphatic rings. The van der Waals surface area contributed by atoms with Gasteiger partial charge in [-0.3, -0.25) is 19.2 Å². The first-order valence-corrected chi connectivity index (χ1v) is 9.42. The molecule has 1 atom stereocenters. The van der Waals surface area contributed by atoms with E-state index in [1.807, 2.05) is 0 Å². The maximum absolute atomic E-state index is 12.5. The Balaban J connectivity index is 1.58. The van der Waals surface area contributed by atoms with Crippen LogP contribution in [0, 0.1) is 0 Å². The molecule has 0 aliphatic carbocycles.